The number of ether oxygens (including phenoxy) is 5. The van der Waals surface area contributed by atoms with Gasteiger partial charge in [-0.05, 0) is 62.6 Å². The third-order valence-electron chi connectivity index (χ3n) is 14.0. The summed E-state index contributed by atoms with van der Waals surface area (Å²) in [5, 5.41) is 29.0. The predicted octanol–water partition coefficient (Wildman–Crippen LogP) is 2.65. The molecule has 0 aromatic heterocycles. The van der Waals surface area contributed by atoms with E-state index in [0.29, 0.717) is 31.6 Å². The van der Waals surface area contributed by atoms with Crippen molar-refractivity contribution >= 4 is 23.5 Å². The Morgan fingerprint density at radius 1 is 1.04 bits per heavy atom. The highest BCUT2D eigenvalue weighted by molar-refractivity contribution is 6.01. The lowest BCUT2D eigenvalue weighted by molar-refractivity contribution is -0.313. The first-order chi connectivity index (χ1) is 23.4. The number of amides is 1. The van der Waals surface area contributed by atoms with E-state index in [2.05, 4.69) is 17.1 Å². The number of methoxy groups -OCH3 is 4. The molecule has 0 radical (unpaired) electrons. The third-order valence-corrected chi connectivity index (χ3v) is 14.0. The molecule has 1 heterocycles. The molecule has 6 fully saturated rings. The number of hydrogen-bond donors (Lipinski definition) is 3. The van der Waals surface area contributed by atoms with Crippen molar-refractivity contribution in [3.63, 3.8) is 0 Å². The van der Waals surface area contributed by atoms with Crippen LogP contribution in [0.25, 0.3) is 0 Å². The largest absolute Gasteiger partial charge is 0.469 e. The Morgan fingerprint density at radius 3 is 2.47 bits per heavy atom. The number of fused-ring (bicyclic) bond motifs is 2. The maximum absolute atomic E-state index is 13.9. The smallest absolute Gasteiger partial charge is 0.340 e. The van der Waals surface area contributed by atoms with Crippen LogP contribution in [0.15, 0.2) is 24.3 Å². The number of nitrogens with one attached hydrogen (secondary N) is 1. The number of carbonyl (C=O) groups is 3. The van der Waals surface area contributed by atoms with Crippen LogP contribution in [0.3, 0.4) is 0 Å². The first-order valence-corrected chi connectivity index (χ1v) is 17.8. The van der Waals surface area contributed by atoms with Crippen molar-refractivity contribution in [3.8, 4) is 0 Å². The average molecular weight is 685 g/mol. The molecule has 7 rings (SSSR count). The second-order valence-electron chi connectivity index (χ2n) is 15.6. The van der Waals surface area contributed by atoms with Gasteiger partial charge in [-0.3, -0.25) is 14.5 Å². The number of likely N-dealkylation sites (N-methyl/N-ethyl adjacent to an activating group) is 1. The number of nitrogens with zero attached hydrogens (tertiary/aromatic N) is 1. The quantitative estimate of drug-likeness (QED) is 0.295. The molecule has 6 aliphatic rings. The van der Waals surface area contributed by atoms with Crippen molar-refractivity contribution < 1.29 is 48.3 Å². The summed E-state index contributed by atoms with van der Waals surface area (Å²) in [6.45, 7) is 4.97. The maximum Gasteiger partial charge on any atom is 0.340 e. The minimum atomic E-state index is -1.60. The van der Waals surface area contributed by atoms with E-state index >= 15 is 0 Å². The average Bonchev–Trinajstić information content (AvgIpc) is 3.49. The van der Waals surface area contributed by atoms with Crippen LogP contribution in [0.5, 0.6) is 0 Å². The fraction of sp³-hybridized carbons (Fsp3) is 0.757. The van der Waals surface area contributed by atoms with Gasteiger partial charge in [0.2, 0.25) is 5.91 Å². The molecule has 12 heteroatoms. The molecule has 5 aliphatic carbocycles. The molecule has 49 heavy (non-hydrogen) atoms. The van der Waals surface area contributed by atoms with Crippen molar-refractivity contribution in [2.75, 3.05) is 53.5 Å². The number of piperidine rings is 1. The molecule has 5 saturated carbocycles. The Morgan fingerprint density at radius 2 is 1.80 bits per heavy atom. The number of likely N-dealkylation sites (tertiary alicyclic amines) is 1. The van der Waals surface area contributed by atoms with Gasteiger partial charge in [-0.2, -0.15) is 0 Å². The Bertz CT molecular complexity index is 1490. The van der Waals surface area contributed by atoms with Crippen LogP contribution in [-0.4, -0.2) is 117 Å². The van der Waals surface area contributed by atoms with Crippen molar-refractivity contribution in [2.24, 2.45) is 40.4 Å². The standard InChI is InChI=1S/C37H52N2O10/c1-7-39-18-34(19-49-32(42)22-10-8-9-11-24(22)38-26(40)16-20(2)31(41)48-6)14-13-25(45-3)36-23-17-21-12-15-35(43,27(23)28(21)46-4)37(44,33(36)39)30(47-5)29(34)36/h8-11,20-21,23,25,27-30,33,43-44H,7,12-19H2,1-6H3,(H,38,40). The normalized spacial score (nSPS) is 43.5. The SMILES string of the molecule is CCN1CC2(COC(=O)c3ccccc3NC(=O)CC(C)C(=O)OC)CCC(OC)C34C5CC6CCC(O)(C5C6OC)C(O)(C(OC)C23)C14. The van der Waals surface area contributed by atoms with Gasteiger partial charge in [-0.1, -0.05) is 26.0 Å². The minimum Gasteiger partial charge on any atom is -0.469 e. The lowest BCUT2D eigenvalue weighted by Crippen LogP contribution is -2.81. The monoisotopic (exact) mass is 684 g/mol. The summed E-state index contributed by atoms with van der Waals surface area (Å²) < 4.78 is 30.0. The Balaban J connectivity index is 1.25. The van der Waals surface area contributed by atoms with E-state index in [0.717, 1.165) is 19.3 Å². The highest BCUT2D eigenvalue weighted by Crippen LogP contribution is 2.80. The summed E-state index contributed by atoms with van der Waals surface area (Å²) in [7, 11) is 6.38. The van der Waals surface area contributed by atoms with Gasteiger partial charge in [0.05, 0.1) is 55.2 Å². The van der Waals surface area contributed by atoms with E-state index in [-0.39, 0.29) is 54.5 Å². The summed E-state index contributed by atoms with van der Waals surface area (Å²) in [6, 6.07) is 6.28. The van der Waals surface area contributed by atoms with Crippen LogP contribution < -0.4 is 5.32 Å². The Labute approximate surface area is 288 Å². The molecular weight excluding hydrogens is 632 g/mol. The lowest BCUT2D eigenvalue weighted by Gasteiger charge is -2.70. The van der Waals surface area contributed by atoms with Gasteiger partial charge in [0, 0.05) is 57.0 Å². The molecule has 1 spiro atoms. The molecule has 3 N–H and O–H groups in total. The molecule has 270 valence electrons. The van der Waals surface area contributed by atoms with E-state index in [4.69, 9.17) is 23.7 Å². The number of esters is 2. The number of benzene rings is 1. The van der Waals surface area contributed by atoms with Gasteiger partial charge >= 0.3 is 11.9 Å². The predicted molar refractivity (Wildman–Crippen MR) is 176 cm³/mol. The zero-order valence-electron chi connectivity index (χ0n) is 29.5. The summed E-state index contributed by atoms with van der Waals surface area (Å²) in [4.78, 5) is 41.0. The molecule has 12 nitrogen and oxygen atoms in total. The molecule has 7 bridgehead atoms. The number of anilines is 1. The number of rotatable bonds is 11. The van der Waals surface area contributed by atoms with Crippen LogP contribution in [0, 0.1) is 40.4 Å². The van der Waals surface area contributed by atoms with Crippen molar-refractivity contribution in [2.45, 2.75) is 87.9 Å². The van der Waals surface area contributed by atoms with Crippen LogP contribution in [0.1, 0.15) is 62.7 Å². The fourth-order valence-corrected chi connectivity index (χ4v) is 12.6. The highest BCUT2D eigenvalue weighted by atomic mass is 16.5. The van der Waals surface area contributed by atoms with Gasteiger partial charge in [-0.25, -0.2) is 4.79 Å². The highest BCUT2D eigenvalue weighted by Gasteiger charge is 2.91. The van der Waals surface area contributed by atoms with E-state index in [1.54, 1.807) is 52.5 Å². The van der Waals surface area contributed by atoms with E-state index in [9.17, 15) is 24.6 Å². The maximum atomic E-state index is 13.9. The second-order valence-corrected chi connectivity index (χ2v) is 15.6. The second kappa shape index (κ2) is 12.3. The summed E-state index contributed by atoms with van der Waals surface area (Å²) >= 11 is 0. The van der Waals surface area contributed by atoms with Crippen molar-refractivity contribution in [3.05, 3.63) is 29.8 Å². The van der Waals surface area contributed by atoms with Crippen LogP contribution in [0.2, 0.25) is 0 Å². The lowest BCUT2D eigenvalue weighted by atomic mass is 9.42. The van der Waals surface area contributed by atoms with Gasteiger partial charge in [-0.15, -0.1) is 0 Å². The first-order valence-electron chi connectivity index (χ1n) is 17.8. The molecule has 13 atom stereocenters. The Hall–Kier alpha value is -2.61. The zero-order valence-corrected chi connectivity index (χ0v) is 29.5. The number of carbonyl (C=O) groups excluding carboxylic acids is 3. The van der Waals surface area contributed by atoms with Crippen molar-refractivity contribution in [1.29, 1.82) is 0 Å². The van der Waals surface area contributed by atoms with Gasteiger partial charge in [0.1, 0.15) is 11.2 Å². The van der Waals surface area contributed by atoms with Crippen LogP contribution >= 0.6 is 0 Å². The van der Waals surface area contributed by atoms with E-state index < -0.39 is 57.9 Å². The summed E-state index contributed by atoms with van der Waals surface area (Å²) in [6.07, 6.45) is 2.35. The molecule has 13 unspecified atom stereocenters. The molecule has 1 amide bonds. The topological polar surface area (TPSA) is 153 Å². The Kier molecular flexibility index (Phi) is 8.72. The first kappa shape index (κ1) is 34.8. The molecule has 1 saturated heterocycles. The summed E-state index contributed by atoms with van der Waals surface area (Å²) in [5.74, 6) is -2.37. The number of aliphatic hydroxyl groups is 2. The van der Waals surface area contributed by atoms with Crippen LogP contribution in [-0.2, 0) is 33.3 Å². The third kappa shape index (κ3) is 4.46. The molecule has 1 aromatic carbocycles. The van der Waals surface area contributed by atoms with Gasteiger partial charge < -0.3 is 39.2 Å². The van der Waals surface area contributed by atoms with Crippen molar-refractivity contribution in [1.82, 2.24) is 4.90 Å². The van der Waals surface area contributed by atoms with E-state index in [1.807, 2.05) is 0 Å². The van der Waals surface area contributed by atoms with Crippen LogP contribution in [0.4, 0.5) is 5.69 Å². The number of hydrogen-bond acceptors (Lipinski definition) is 11. The summed E-state index contributed by atoms with van der Waals surface area (Å²) in [5.41, 5.74) is -3.69. The zero-order chi connectivity index (χ0) is 35.1. The van der Waals surface area contributed by atoms with Gasteiger partial charge in [0.25, 0.3) is 0 Å². The molecular formula is C37H52N2O10. The van der Waals surface area contributed by atoms with Gasteiger partial charge in [0.15, 0.2) is 0 Å². The fourth-order valence-electron chi connectivity index (χ4n) is 12.6. The minimum absolute atomic E-state index is 0.0170. The molecule has 1 aromatic rings. The van der Waals surface area contributed by atoms with E-state index in [1.165, 1.54) is 7.11 Å². The molecule has 1 aliphatic heterocycles. The number of para-hydroxylation sites is 1.